The molecule has 0 atom stereocenters. The summed E-state index contributed by atoms with van der Waals surface area (Å²) in [6.07, 6.45) is 14.6. The Morgan fingerprint density at radius 3 is 1.93 bits per heavy atom. The molecule has 0 spiro atoms. The number of halogens is 3. The molecule has 158 valence electrons. The summed E-state index contributed by atoms with van der Waals surface area (Å²) in [7, 11) is 0. The number of unbranched alkanes of at least 4 members (excludes halogenated alkanes) is 5. The highest BCUT2D eigenvalue weighted by atomic mass is 19.2. The quantitative estimate of drug-likeness (QED) is 0.290. The molecule has 1 aliphatic carbocycles. The van der Waals surface area contributed by atoms with Crippen molar-refractivity contribution in [3.05, 3.63) is 59.4 Å². The van der Waals surface area contributed by atoms with E-state index in [0.29, 0.717) is 17.0 Å². The summed E-state index contributed by atoms with van der Waals surface area (Å²) >= 11 is 0. The third-order valence-corrected chi connectivity index (χ3v) is 6.51. The normalized spacial score (nSPS) is 19.4. The van der Waals surface area contributed by atoms with Gasteiger partial charge in [0, 0.05) is 0 Å². The zero-order valence-electron chi connectivity index (χ0n) is 17.5. The van der Waals surface area contributed by atoms with E-state index in [0.717, 1.165) is 18.1 Å². The van der Waals surface area contributed by atoms with Crippen LogP contribution in [0.25, 0.3) is 11.1 Å². The Morgan fingerprint density at radius 1 is 0.724 bits per heavy atom. The van der Waals surface area contributed by atoms with Crippen LogP contribution in [-0.2, 0) is 0 Å². The summed E-state index contributed by atoms with van der Waals surface area (Å²) < 4.78 is 40.1. The minimum Gasteiger partial charge on any atom is -0.204 e. The smallest absolute Gasteiger partial charge is 0.194 e. The second-order valence-electron chi connectivity index (χ2n) is 8.65. The van der Waals surface area contributed by atoms with Crippen molar-refractivity contribution >= 4 is 0 Å². The molecule has 29 heavy (non-hydrogen) atoms. The Hall–Kier alpha value is -1.77. The maximum absolute atomic E-state index is 13.5. The molecule has 1 aliphatic rings. The molecule has 0 aliphatic heterocycles. The van der Waals surface area contributed by atoms with Crippen molar-refractivity contribution in [2.24, 2.45) is 5.92 Å². The molecular weight excluding hydrogens is 369 g/mol. The van der Waals surface area contributed by atoms with Crippen LogP contribution < -0.4 is 0 Å². The van der Waals surface area contributed by atoms with Crippen LogP contribution in [-0.4, -0.2) is 0 Å². The molecule has 0 N–H and O–H groups in total. The SMILES string of the molecule is CCCCCCCCC1CCC(c2ccc(-c3cc(F)c(F)c(F)c3)cc2)CC1. The van der Waals surface area contributed by atoms with Gasteiger partial charge in [-0.25, -0.2) is 13.2 Å². The Bertz CT molecular complexity index is 735. The van der Waals surface area contributed by atoms with Crippen LogP contribution in [0, 0.1) is 23.4 Å². The van der Waals surface area contributed by atoms with Gasteiger partial charge < -0.3 is 0 Å². The standard InChI is InChI=1S/C26H33F3/c1-2-3-4-5-6-7-8-19-9-11-20(12-10-19)21-13-15-22(16-14-21)23-17-24(27)26(29)25(28)18-23/h13-20H,2-12H2,1H3. The minimum atomic E-state index is -1.41. The average Bonchev–Trinajstić information content (AvgIpc) is 2.75. The Labute approximate surface area is 173 Å². The van der Waals surface area contributed by atoms with Crippen molar-refractivity contribution in [1.29, 1.82) is 0 Å². The van der Waals surface area contributed by atoms with Gasteiger partial charge in [0.05, 0.1) is 0 Å². The van der Waals surface area contributed by atoms with E-state index < -0.39 is 17.5 Å². The molecule has 0 aromatic heterocycles. The molecule has 2 aromatic carbocycles. The van der Waals surface area contributed by atoms with E-state index in [4.69, 9.17) is 0 Å². The predicted molar refractivity (Wildman–Crippen MR) is 114 cm³/mol. The van der Waals surface area contributed by atoms with E-state index in [-0.39, 0.29) is 0 Å². The van der Waals surface area contributed by atoms with Gasteiger partial charge in [-0.1, -0.05) is 76.1 Å². The molecule has 0 bridgehead atoms. The van der Waals surface area contributed by atoms with Gasteiger partial charge in [0.1, 0.15) is 0 Å². The van der Waals surface area contributed by atoms with Gasteiger partial charge in [-0.2, -0.15) is 0 Å². The number of hydrogen-bond acceptors (Lipinski definition) is 0. The lowest BCUT2D eigenvalue weighted by Crippen LogP contribution is -2.13. The summed E-state index contributed by atoms with van der Waals surface area (Å²) in [6, 6.07) is 10.0. The van der Waals surface area contributed by atoms with Crippen molar-refractivity contribution in [1.82, 2.24) is 0 Å². The summed E-state index contributed by atoms with van der Waals surface area (Å²) in [5, 5.41) is 0. The first-order chi connectivity index (χ1) is 14.1. The molecule has 1 fully saturated rings. The predicted octanol–water partition coefficient (Wildman–Crippen LogP) is 8.80. The summed E-state index contributed by atoms with van der Waals surface area (Å²) in [6.45, 7) is 2.26. The topological polar surface area (TPSA) is 0 Å². The van der Waals surface area contributed by atoms with E-state index in [1.165, 1.54) is 76.2 Å². The zero-order valence-corrected chi connectivity index (χ0v) is 17.5. The molecule has 0 amide bonds. The number of hydrogen-bond donors (Lipinski definition) is 0. The zero-order chi connectivity index (χ0) is 20.6. The number of rotatable bonds is 9. The summed E-state index contributed by atoms with van der Waals surface area (Å²) in [5.41, 5.74) is 2.38. The maximum atomic E-state index is 13.5. The van der Waals surface area contributed by atoms with Gasteiger partial charge in [0.2, 0.25) is 0 Å². The first-order valence-corrected chi connectivity index (χ1v) is 11.3. The second-order valence-corrected chi connectivity index (χ2v) is 8.65. The van der Waals surface area contributed by atoms with E-state index in [2.05, 4.69) is 19.1 Å². The van der Waals surface area contributed by atoms with Crippen molar-refractivity contribution in [2.75, 3.05) is 0 Å². The lowest BCUT2D eigenvalue weighted by atomic mass is 9.77. The summed E-state index contributed by atoms with van der Waals surface area (Å²) in [5.74, 6) is -2.25. The van der Waals surface area contributed by atoms with Gasteiger partial charge in [0.25, 0.3) is 0 Å². The first kappa shape index (κ1) is 21.9. The molecule has 1 saturated carbocycles. The van der Waals surface area contributed by atoms with Crippen LogP contribution in [0.5, 0.6) is 0 Å². The Morgan fingerprint density at radius 2 is 1.31 bits per heavy atom. The van der Waals surface area contributed by atoms with Gasteiger partial charge in [-0.05, 0) is 66.3 Å². The third-order valence-electron chi connectivity index (χ3n) is 6.51. The van der Waals surface area contributed by atoms with Gasteiger partial charge in [-0.3, -0.25) is 0 Å². The fourth-order valence-electron chi connectivity index (χ4n) is 4.67. The third kappa shape index (κ3) is 6.10. The Balaban J connectivity index is 1.48. The van der Waals surface area contributed by atoms with E-state index in [9.17, 15) is 13.2 Å². The highest BCUT2D eigenvalue weighted by Crippen LogP contribution is 2.38. The molecule has 0 unspecified atom stereocenters. The monoisotopic (exact) mass is 402 g/mol. The molecule has 0 nitrogen and oxygen atoms in total. The number of benzene rings is 2. The van der Waals surface area contributed by atoms with Crippen LogP contribution in [0.15, 0.2) is 36.4 Å². The highest BCUT2D eigenvalue weighted by Gasteiger charge is 2.22. The molecule has 3 heteroatoms. The Kier molecular flexibility index (Phi) is 8.20. The summed E-state index contributed by atoms with van der Waals surface area (Å²) in [4.78, 5) is 0. The van der Waals surface area contributed by atoms with Gasteiger partial charge >= 0.3 is 0 Å². The van der Waals surface area contributed by atoms with Crippen molar-refractivity contribution in [3.63, 3.8) is 0 Å². The van der Waals surface area contributed by atoms with E-state index in [1.54, 1.807) is 0 Å². The fourth-order valence-corrected chi connectivity index (χ4v) is 4.67. The molecule has 0 radical (unpaired) electrons. The molecule has 3 rings (SSSR count). The fraction of sp³-hybridized carbons (Fsp3) is 0.538. The van der Waals surface area contributed by atoms with Crippen molar-refractivity contribution < 1.29 is 13.2 Å². The van der Waals surface area contributed by atoms with Crippen LogP contribution in [0.2, 0.25) is 0 Å². The average molecular weight is 403 g/mol. The van der Waals surface area contributed by atoms with Crippen molar-refractivity contribution in [2.45, 2.75) is 83.5 Å². The highest BCUT2D eigenvalue weighted by molar-refractivity contribution is 5.64. The lowest BCUT2D eigenvalue weighted by molar-refractivity contribution is 0.302. The molecule has 0 saturated heterocycles. The second kappa shape index (κ2) is 10.8. The van der Waals surface area contributed by atoms with Crippen LogP contribution in [0.3, 0.4) is 0 Å². The minimum absolute atomic E-state index is 0.371. The molecule has 2 aromatic rings. The largest absolute Gasteiger partial charge is 0.204 e. The molecular formula is C26H33F3. The lowest BCUT2D eigenvalue weighted by Gasteiger charge is -2.29. The maximum Gasteiger partial charge on any atom is 0.194 e. The van der Waals surface area contributed by atoms with Crippen LogP contribution >= 0.6 is 0 Å². The van der Waals surface area contributed by atoms with Crippen molar-refractivity contribution in [3.8, 4) is 11.1 Å². The first-order valence-electron chi connectivity index (χ1n) is 11.3. The molecule has 0 heterocycles. The van der Waals surface area contributed by atoms with Crippen LogP contribution in [0.4, 0.5) is 13.2 Å². The van der Waals surface area contributed by atoms with Crippen LogP contribution in [0.1, 0.15) is 89.0 Å². The van der Waals surface area contributed by atoms with Gasteiger partial charge in [0.15, 0.2) is 17.5 Å². The van der Waals surface area contributed by atoms with E-state index >= 15 is 0 Å². The van der Waals surface area contributed by atoms with E-state index in [1.807, 2.05) is 12.1 Å². The van der Waals surface area contributed by atoms with Gasteiger partial charge in [-0.15, -0.1) is 0 Å².